The summed E-state index contributed by atoms with van der Waals surface area (Å²) in [6, 6.07) is 3.60. The van der Waals surface area contributed by atoms with Gasteiger partial charge in [-0.1, -0.05) is 30.6 Å². The lowest BCUT2D eigenvalue weighted by Gasteiger charge is -2.26. The number of halogens is 1. The monoisotopic (exact) mass is 270 g/mol. The summed E-state index contributed by atoms with van der Waals surface area (Å²) in [5.41, 5.74) is 5.49. The lowest BCUT2D eigenvalue weighted by atomic mass is 10.2. The highest BCUT2D eigenvalue weighted by molar-refractivity contribution is 6.32. The minimum Gasteiger partial charge on any atom is -0.409 e. The summed E-state index contributed by atoms with van der Waals surface area (Å²) in [6.07, 6.45) is 2.17. The van der Waals surface area contributed by atoms with Crippen molar-refractivity contribution < 1.29 is 5.21 Å². The van der Waals surface area contributed by atoms with E-state index in [0.29, 0.717) is 23.9 Å². The van der Waals surface area contributed by atoms with E-state index >= 15 is 0 Å². The molecule has 0 aromatic carbocycles. The van der Waals surface area contributed by atoms with Crippen LogP contribution in [-0.4, -0.2) is 29.1 Å². The molecule has 3 N–H and O–H groups in total. The van der Waals surface area contributed by atoms with E-state index in [1.165, 1.54) is 0 Å². The molecule has 0 bridgehead atoms. The maximum Gasteiger partial charge on any atom is 0.147 e. The van der Waals surface area contributed by atoms with Crippen molar-refractivity contribution in [2.45, 2.75) is 20.3 Å². The Balaban J connectivity index is 2.81. The molecule has 0 aliphatic heterocycles. The summed E-state index contributed by atoms with van der Waals surface area (Å²) in [4.78, 5) is 6.33. The molecule has 0 aliphatic carbocycles. The smallest absolute Gasteiger partial charge is 0.147 e. The van der Waals surface area contributed by atoms with Gasteiger partial charge in [-0.3, -0.25) is 0 Å². The molecule has 0 aliphatic rings. The largest absolute Gasteiger partial charge is 0.409 e. The van der Waals surface area contributed by atoms with E-state index < -0.39 is 0 Å². The van der Waals surface area contributed by atoms with Crippen LogP contribution in [0.5, 0.6) is 0 Å². The summed E-state index contributed by atoms with van der Waals surface area (Å²) in [5, 5.41) is 12.1. The molecule has 5 nitrogen and oxygen atoms in total. The molecule has 0 saturated heterocycles. The van der Waals surface area contributed by atoms with Gasteiger partial charge in [0, 0.05) is 25.7 Å². The second-order valence-electron chi connectivity index (χ2n) is 4.49. The van der Waals surface area contributed by atoms with Crippen LogP contribution in [0.3, 0.4) is 0 Å². The van der Waals surface area contributed by atoms with Gasteiger partial charge in [-0.05, 0) is 18.1 Å². The lowest BCUT2D eigenvalue weighted by molar-refractivity contribution is 0.317. The number of nitrogens with zero attached hydrogens (tertiary/aromatic N) is 3. The number of nitrogens with two attached hydrogens (primary N) is 1. The zero-order chi connectivity index (χ0) is 13.5. The topological polar surface area (TPSA) is 74.7 Å². The average molecular weight is 271 g/mol. The van der Waals surface area contributed by atoms with E-state index in [1.54, 1.807) is 18.3 Å². The molecule has 6 heteroatoms. The van der Waals surface area contributed by atoms with Gasteiger partial charge in [0.2, 0.25) is 0 Å². The number of oxime groups is 1. The summed E-state index contributed by atoms with van der Waals surface area (Å²) in [6.45, 7) is 5.67. The van der Waals surface area contributed by atoms with Crippen molar-refractivity contribution >= 4 is 23.3 Å². The number of rotatable bonds is 6. The number of hydrogen-bond donors (Lipinski definition) is 2. The van der Waals surface area contributed by atoms with Crippen molar-refractivity contribution in [1.82, 2.24) is 4.98 Å². The maximum atomic E-state index is 8.56. The highest BCUT2D eigenvalue weighted by Crippen LogP contribution is 2.23. The first-order chi connectivity index (χ1) is 8.54. The zero-order valence-electron chi connectivity index (χ0n) is 10.7. The second kappa shape index (κ2) is 7.06. The number of anilines is 1. The van der Waals surface area contributed by atoms with Gasteiger partial charge in [0.15, 0.2) is 0 Å². The first-order valence-electron chi connectivity index (χ1n) is 5.86. The molecule has 18 heavy (non-hydrogen) atoms. The molecule has 100 valence electrons. The Kier molecular flexibility index (Phi) is 5.71. The fraction of sp³-hybridized carbons (Fsp3) is 0.500. The molecule has 1 heterocycles. The van der Waals surface area contributed by atoms with Crippen LogP contribution in [0.15, 0.2) is 23.5 Å². The molecular formula is C12H19ClN4O. The van der Waals surface area contributed by atoms with Crippen LogP contribution in [0.1, 0.15) is 20.3 Å². The Morgan fingerprint density at radius 1 is 1.61 bits per heavy atom. The molecule has 0 amide bonds. The SMILES string of the molecule is CC(C)CN(CCC(N)=NO)c1ncccc1Cl. The summed E-state index contributed by atoms with van der Waals surface area (Å²) < 4.78 is 0. The molecule has 0 atom stereocenters. The zero-order valence-corrected chi connectivity index (χ0v) is 11.4. The second-order valence-corrected chi connectivity index (χ2v) is 4.90. The predicted octanol–water partition coefficient (Wildman–Crippen LogP) is 2.33. The normalized spacial score (nSPS) is 11.9. The first-order valence-corrected chi connectivity index (χ1v) is 6.24. The van der Waals surface area contributed by atoms with Crippen LogP contribution in [0, 0.1) is 5.92 Å². The van der Waals surface area contributed by atoms with Crippen LogP contribution >= 0.6 is 11.6 Å². The average Bonchev–Trinajstić information content (AvgIpc) is 2.34. The molecule has 0 unspecified atom stereocenters. The van der Waals surface area contributed by atoms with Crippen LogP contribution in [0.4, 0.5) is 5.82 Å². The highest BCUT2D eigenvalue weighted by atomic mass is 35.5. The summed E-state index contributed by atoms with van der Waals surface area (Å²) in [7, 11) is 0. The van der Waals surface area contributed by atoms with Crippen molar-refractivity contribution in [3.8, 4) is 0 Å². The van der Waals surface area contributed by atoms with Crippen LogP contribution in [0.2, 0.25) is 5.02 Å². The number of aromatic nitrogens is 1. The van der Waals surface area contributed by atoms with Crippen molar-refractivity contribution in [2.75, 3.05) is 18.0 Å². The molecule has 0 fully saturated rings. The maximum absolute atomic E-state index is 8.56. The molecule has 0 radical (unpaired) electrons. The molecular weight excluding hydrogens is 252 g/mol. The van der Waals surface area contributed by atoms with E-state index in [9.17, 15) is 0 Å². The number of pyridine rings is 1. The van der Waals surface area contributed by atoms with Gasteiger partial charge in [-0.15, -0.1) is 0 Å². The van der Waals surface area contributed by atoms with Gasteiger partial charge in [0.25, 0.3) is 0 Å². The lowest BCUT2D eigenvalue weighted by Crippen LogP contribution is -2.32. The van der Waals surface area contributed by atoms with Gasteiger partial charge < -0.3 is 15.8 Å². The predicted molar refractivity (Wildman–Crippen MR) is 74.3 cm³/mol. The molecule has 1 aromatic heterocycles. The highest BCUT2D eigenvalue weighted by Gasteiger charge is 2.13. The van der Waals surface area contributed by atoms with E-state index in [-0.39, 0.29) is 5.84 Å². The summed E-state index contributed by atoms with van der Waals surface area (Å²) >= 11 is 6.14. The molecule has 0 spiro atoms. The van der Waals surface area contributed by atoms with E-state index in [2.05, 4.69) is 24.0 Å². The van der Waals surface area contributed by atoms with Crippen molar-refractivity contribution in [2.24, 2.45) is 16.8 Å². The van der Waals surface area contributed by atoms with Crippen molar-refractivity contribution in [3.63, 3.8) is 0 Å². The van der Waals surface area contributed by atoms with Gasteiger partial charge in [-0.2, -0.15) is 0 Å². The van der Waals surface area contributed by atoms with Crippen LogP contribution in [0.25, 0.3) is 0 Å². The number of amidine groups is 1. The van der Waals surface area contributed by atoms with Gasteiger partial charge in [0.05, 0.1) is 5.02 Å². The minimum atomic E-state index is 0.204. The minimum absolute atomic E-state index is 0.204. The first kappa shape index (κ1) is 14.6. The fourth-order valence-electron chi connectivity index (χ4n) is 1.63. The van der Waals surface area contributed by atoms with Crippen LogP contribution in [-0.2, 0) is 0 Å². The molecule has 0 saturated carbocycles. The summed E-state index contributed by atoms with van der Waals surface area (Å²) in [5.74, 6) is 1.41. The number of hydrogen-bond acceptors (Lipinski definition) is 4. The van der Waals surface area contributed by atoms with Gasteiger partial charge in [-0.25, -0.2) is 4.98 Å². The third-order valence-corrected chi connectivity index (χ3v) is 2.69. The van der Waals surface area contributed by atoms with E-state index in [1.807, 2.05) is 4.90 Å². The third-order valence-electron chi connectivity index (χ3n) is 2.39. The van der Waals surface area contributed by atoms with Crippen LogP contribution < -0.4 is 10.6 Å². The fourth-order valence-corrected chi connectivity index (χ4v) is 1.88. The Bertz CT molecular complexity index is 409. The Morgan fingerprint density at radius 3 is 2.89 bits per heavy atom. The third kappa shape index (κ3) is 4.41. The Hall–Kier alpha value is -1.49. The molecule has 1 aromatic rings. The van der Waals surface area contributed by atoms with Gasteiger partial charge in [0.1, 0.15) is 11.7 Å². The van der Waals surface area contributed by atoms with E-state index in [0.717, 1.165) is 12.4 Å². The Morgan fingerprint density at radius 2 is 2.33 bits per heavy atom. The Labute approximate surface area is 112 Å². The standard InChI is InChI=1S/C12H19ClN4O/c1-9(2)8-17(7-5-11(14)16-18)12-10(13)4-3-6-15-12/h3-4,6,9,18H,5,7-8H2,1-2H3,(H2,14,16). The van der Waals surface area contributed by atoms with Gasteiger partial charge >= 0.3 is 0 Å². The molecule has 1 rings (SSSR count). The van der Waals surface area contributed by atoms with Crippen molar-refractivity contribution in [3.05, 3.63) is 23.4 Å². The quantitative estimate of drug-likeness (QED) is 0.360. The van der Waals surface area contributed by atoms with Crippen molar-refractivity contribution in [1.29, 1.82) is 0 Å². The van der Waals surface area contributed by atoms with E-state index in [4.69, 9.17) is 22.5 Å².